The van der Waals surface area contributed by atoms with Gasteiger partial charge in [0.1, 0.15) is 0 Å². The Morgan fingerprint density at radius 3 is 2.08 bits per heavy atom. The van der Waals surface area contributed by atoms with Gasteiger partial charge in [0.15, 0.2) is 6.29 Å². The number of nitrogens with two attached hydrogens (primary N) is 1. The lowest BCUT2D eigenvalue weighted by molar-refractivity contribution is -0.102. The second-order valence-corrected chi connectivity index (χ2v) is 2.11. The van der Waals surface area contributed by atoms with Crippen LogP contribution in [-0.2, 0) is 4.79 Å². The fraction of sp³-hybridized carbons (Fsp3) is 0. The standard InChI is InChI=1S/C8H10N4O/c9-3-6(4-10)8(12)2-1-7(11)5-13/h1-5,9-11H,12H2/b2-1-,8-6?,9-3?,10-4?,11-7?. The summed E-state index contributed by atoms with van der Waals surface area (Å²) in [6.45, 7) is 0. The maximum Gasteiger partial charge on any atom is 0.167 e. The van der Waals surface area contributed by atoms with Crippen LogP contribution in [0.25, 0.3) is 0 Å². The number of nitrogens with one attached hydrogen (secondary N) is 3. The number of carbonyl (C=O) groups excluding carboxylic acids is 1. The van der Waals surface area contributed by atoms with Crippen molar-refractivity contribution in [1.82, 2.24) is 0 Å². The Hall–Kier alpha value is -2.04. The molecule has 0 atom stereocenters. The summed E-state index contributed by atoms with van der Waals surface area (Å²) in [5.41, 5.74) is 5.62. The molecular weight excluding hydrogens is 168 g/mol. The molecule has 0 aromatic heterocycles. The minimum Gasteiger partial charge on any atom is -0.398 e. The SMILES string of the molecule is N=CC(C=N)=C(N)/C=C\C(=N)C=O. The monoisotopic (exact) mass is 178 g/mol. The van der Waals surface area contributed by atoms with Crippen molar-refractivity contribution >= 4 is 24.4 Å². The fourth-order valence-corrected chi connectivity index (χ4v) is 0.523. The van der Waals surface area contributed by atoms with Crippen LogP contribution in [0.1, 0.15) is 0 Å². The first-order valence-corrected chi connectivity index (χ1v) is 3.38. The van der Waals surface area contributed by atoms with Gasteiger partial charge in [-0.2, -0.15) is 0 Å². The van der Waals surface area contributed by atoms with E-state index in [2.05, 4.69) is 0 Å². The zero-order valence-corrected chi connectivity index (χ0v) is 6.87. The third kappa shape index (κ3) is 3.76. The number of hydrogen-bond donors (Lipinski definition) is 4. The molecule has 13 heavy (non-hydrogen) atoms. The molecule has 0 aromatic rings. The summed E-state index contributed by atoms with van der Waals surface area (Å²) in [6.07, 6.45) is 4.74. The van der Waals surface area contributed by atoms with Crippen LogP contribution in [0.15, 0.2) is 23.4 Å². The Labute approximate surface area is 75.5 Å². The van der Waals surface area contributed by atoms with Crippen molar-refractivity contribution in [3.05, 3.63) is 23.4 Å². The maximum atomic E-state index is 10.0. The number of rotatable bonds is 5. The smallest absolute Gasteiger partial charge is 0.167 e. The van der Waals surface area contributed by atoms with Gasteiger partial charge in [0, 0.05) is 23.7 Å². The minimum absolute atomic E-state index is 0.177. The Morgan fingerprint density at radius 2 is 1.69 bits per heavy atom. The third-order valence-electron chi connectivity index (χ3n) is 1.21. The molecule has 0 amide bonds. The lowest BCUT2D eigenvalue weighted by atomic mass is 10.2. The first-order chi connectivity index (χ1) is 6.15. The Kier molecular flexibility index (Phi) is 4.71. The molecule has 0 spiro atoms. The van der Waals surface area contributed by atoms with Gasteiger partial charge in [-0.15, -0.1) is 0 Å². The molecule has 0 unspecified atom stereocenters. The summed E-state index contributed by atoms with van der Waals surface area (Å²) < 4.78 is 0. The molecule has 0 aliphatic rings. The van der Waals surface area contributed by atoms with Crippen LogP contribution < -0.4 is 5.73 Å². The number of hydrogen-bond acceptors (Lipinski definition) is 5. The highest BCUT2D eigenvalue weighted by molar-refractivity contribution is 6.32. The molecule has 0 aliphatic heterocycles. The van der Waals surface area contributed by atoms with E-state index in [0.717, 1.165) is 12.4 Å². The second-order valence-electron chi connectivity index (χ2n) is 2.11. The predicted octanol–water partition coefficient (Wildman–Crippen LogP) is 0.273. The van der Waals surface area contributed by atoms with Crippen molar-refractivity contribution in [3.63, 3.8) is 0 Å². The van der Waals surface area contributed by atoms with Crippen LogP contribution >= 0.6 is 0 Å². The molecule has 68 valence electrons. The molecular formula is C8H10N4O. The van der Waals surface area contributed by atoms with E-state index < -0.39 is 0 Å². The van der Waals surface area contributed by atoms with Gasteiger partial charge in [0.05, 0.1) is 5.71 Å². The summed E-state index contributed by atoms with van der Waals surface area (Å²) in [5, 5.41) is 20.6. The van der Waals surface area contributed by atoms with E-state index in [4.69, 9.17) is 22.0 Å². The van der Waals surface area contributed by atoms with Crippen molar-refractivity contribution in [3.8, 4) is 0 Å². The summed E-state index contributed by atoms with van der Waals surface area (Å²) in [6, 6.07) is 0. The lowest BCUT2D eigenvalue weighted by Gasteiger charge is -1.94. The fourth-order valence-electron chi connectivity index (χ4n) is 0.523. The molecule has 0 radical (unpaired) electrons. The summed E-state index contributed by atoms with van der Waals surface area (Å²) in [7, 11) is 0. The quantitative estimate of drug-likeness (QED) is 0.275. The van der Waals surface area contributed by atoms with Crippen LogP contribution in [0.3, 0.4) is 0 Å². The van der Waals surface area contributed by atoms with E-state index in [1.165, 1.54) is 12.2 Å². The summed E-state index contributed by atoms with van der Waals surface area (Å²) >= 11 is 0. The van der Waals surface area contributed by atoms with Crippen LogP contribution in [0.4, 0.5) is 0 Å². The lowest BCUT2D eigenvalue weighted by Crippen LogP contribution is -2.02. The van der Waals surface area contributed by atoms with Crippen molar-refractivity contribution in [1.29, 1.82) is 16.2 Å². The van der Waals surface area contributed by atoms with E-state index >= 15 is 0 Å². The van der Waals surface area contributed by atoms with E-state index in [0.29, 0.717) is 6.29 Å². The molecule has 0 saturated carbocycles. The van der Waals surface area contributed by atoms with E-state index in [1.54, 1.807) is 0 Å². The molecule has 0 rings (SSSR count). The average molecular weight is 178 g/mol. The number of allylic oxidation sites excluding steroid dienone is 3. The molecule has 5 heteroatoms. The largest absolute Gasteiger partial charge is 0.398 e. The van der Waals surface area contributed by atoms with Crippen molar-refractivity contribution in [2.75, 3.05) is 0 Å². The van der Waals surface area contributed by atoms with Crippen molar-refractivity contribution < 1.29 is 4.79 Å². The zero-order valence-electron chi connectivity index (χ0n) is 6.87. The average Bonchev–Trinajstić information content (AvgIpc) is 2.16. The minimum atomic E-state index is -0.211. The first-order valence-electron chi connectivity index (χ1n) is 3.38. The molecule has 0 heterocycles. The Balaban J connectivity index is 4.69. The molecule has 0 saturated heterocycles. The summed E-state index contributed by atoms with van der Waals surface area (Å²) in [4.78, 5) is 10.0. The van der Waals surface area contributed by atoms with Gasteiger partial charge in [0.25, 0.3) is 0 Å². The van der Waals surface area contributed by atoms with Gasteiger partial charge in [-0.05, 0) is 12.2 Å². The van der Waals surface area contributed by atoms with Gasteiger partial charge in [-0.25, -0.2) is 0 Å². The predicted molar refractivity (Wildman–Crippen MR) is 51.7 cm³/mol. The maximum absolute atomic E-state index is 10.0. The number of carbonyl (C=O) groups is 1. The highest BCUT2D eigenvalue weighted by Gasteiger charge is 1.93. The first kappa shape index (κ1) is 11.0. The molecule has 5 nitrogen and oxygen atoms in total. The van der Waals surface area contributed by atoms with Crippen LogP contribution in [0.2, 0.25) is 0 Å². The highest BCUT2D eigenvalue weighted by atomic mass is 16.1. The third-order valence-corrected chi connectivity index (χ3v) is 1.21. The molecule has 0 bridgehead atoms. The number of aldehydes is 1. The van der Waals surface area contributed by atoms with Gasteiger partial charge in [-0.3, -0.25) is 10.2 Å². The van der Waals surface area contributed by atoms with Crippen LogP contribution in [0.5, 0.6) is 0 Å². The van der Waals surface area contributed by atoms with Crippen LogP contribution in [0, 0.1) is 16.2 Å². The van der Waals surface area contributed by atoms with Crippen molar-refractivity contribution in [2.45, 2.75) is 0 Å². The summed E-state index contributed by atoms with van der Waals surface area (Å²) in [5.74, 6) is 0. The molecule has 0 aromatic carbocycles. The second kappa shape index (κ2) is 5.59. The van der Waals surface area contributed by atoms with E-state index in [9.17, 15) is 4.79 Å². The van der Waals surface area contributed by atoms with Gasteiger partial charge in [-0.1, -0.05) is 0 Å². The van der Waals surface area contributed by atoms with Gasteiger partial charge in [0.2, 0.25) is 0 Å². The molecule has 0 fully saturated rings. The molecule has 0 aliphatic carbocycles. The van der Waals surface area contributed by atoms with Crippen LogP contribution in [-0.4, -0.2) is 24.4 Å². The highest BCUT2D eigenvalue weighted by Crippen LogP contribution is 1.94. The van der Waals surface area contributed by atoms with E-state index in [-0.39, 0.29) is 17.0 Å². The van der Waals surface area contributed by atoms with E-state index in [1.807, 2.05) is 0 Å². The molecule has 5 N–H and O–H groups in total. The Morgan fingerprint density at radius 1 is 1.15 bits per heavy atom. The zero-order chi connectivity index (χ0) is 10.3. The van der Waals surface area contributed by atoms with Gasteiger partial charge < -0.3 is 16.6 Å². The van der Waals surface area contributed by atoms with Gasteiger partial charge >= 0.3 is 0 Å². The normalized spacial score (nSPS) is 9.23. The topological polar surface area (TPSA) is 115 Å². The Bertz CT molecular complexity index is 291. The van der Waals surface area contributed by atoms with Crippen molar-refractivity contribution in [2.24, 2.45) is 5.73 Å².